The molecule has 8 bridgehead atoms. The molecule has 0 aliphatic heterocycles. The minimum Gasteiger partial charge on any atom is -0.310 e. The standard InChI is InChI=1S/C62H48N4/c1-45-23-27-47(28-24-45)49-39-59-43-60(40-49)64(52-17-9-4-10-18-52)56-33-37-58(38-34-56)66(54-21-13-6-14-22-54)62-42-50(48-29-25-46(2)26-30-48)41-61(44-62)65(53-19-11-5-12-20-53)57-35-31-55(32-36-57)63(59)51-15-7-3-8-16-51/h3-44H,1-2H3. The van der Waals surface area contributed by atoms with Gasteiger partial charge in [0.05, 0.1) is 0 Å². The number of nitrogens with zero attached hydrogens (tertiary/aromatic N) is 4. The lowest BCUT2D eigenvalue weighted by atomic mass is 10.0. The van der Waals surface area contributed by atoms with E-state index in [9.17, 15) is 0 Å². The van der Waals surface area contributed by atoms with E-state index in [0.717, 1.165) is 89.1 Å². The number of rotatable bonds is 6. The van der Waals surface area contributed by atoms with Crippen molar-refractivity contribution in [3.63, 3.8) is 0 Å². The maximum atomic E-state index is 2.38. The molecule has 0 spiro atoms. The lowest BCUT2D eigenvalue weighted by Crippen LogP contribution is -2.02. The zero-order chi connectivity index (χ0) is 44.4. The molecule has 10 aromatic carbocycles. The second kappa shape index (κ2) is 17.5. The van der Waals surface area contributed by atoms with Gasteiger partial charge in [0.15, 0.2) is 0 Å². The first-order valence-corrected chi connectivity index (χ1v) is 22.6. The van der Waals surface area contributed by atoms with Gasteiger partial charge in [0, 0.05) is 66.9 Å². The second-order valence-electron chi connectivity index (χ2n) is 16.9. The van der Waals surface area contributed by atoms with Crippen molar-refractivity contribution in [2.45, 2.75) is 13.8 Å². The predicted molar refractivity (Wildman–Crippen MR) is 278 cm³/mol. The molecule has 14 rings (SSSR count). The van der Waals surface area contributed by atoms with Crippen molar-refractivity contribution in [3.8, 4) is 45.0 Å². The van der Waals surface area contributed by atoms with Crippen molar-refractivity contribution in [3.05, 3.63) is 266 Å². The van der Waals surface area contributed by atoms with Gasteiger partial charge in [-0.05, 0) is 170 Å². The number of hydrogen-bond acceptors (Lipinski definition) is 0. The van der Waals surface area contributed by atoms with Crippen LogP contribution in [0, 0.1) is 13.8 Å². The monoisotopic (exact) mass is 848 g/mol. The molecule has 0 atom stereocenters. The van der Waals surface area contributed by atoms with E-state index in [2.05, 4.69) is 287 Å². The molecule has 4 heteroatoms. The van der Waals surface area contributed by atoms with Gasteiger partial charge < -0.3 is 18.3 Å². The maximum Gasteiger partial charge on any atom is 0.0488 e. The number of benzene rings is 10. The van der Waals surface area contributed by atoms with Gasteiger partial charge in [0.1, 0.15) is 0 Å². The summed E-state index contributed by atoms with van der Waals surface area (Å²) in [5, 5.41) is 0. The topological polar surface area (TPSA) is 19.7 Å². The highest BCUT2D eigenvalue weighted by atomic mass is 15.0. The van der Waals surface area contributed by atoms with Gasteiger partial charge in [-0.15, -0.1) is 0 Å². The molecule has 4 aromatic heterocycles. The summed E-state index contributed by atoms with van der Waals surface area (Å²) in [5.74, 6) is 0. The molecule has 0 saturated carbocycles. The highest BCUT2D eigenvalue weighted by Gasteiger charge is 2.12. The zero-order valence-corrected chi connectivity index (χ0v) is 37.0. The van der Waals surface area contributed by atoms with Gasteiger partial charge in [0.25, 0.3) is 0 Å². The minimum atomic E-state index is 1.05. The quantitative estimate of drug-likeness (QED) is 0.159. The van der Waals surface area contributed by atoms with Crippen LogP contribution in [-0.4, -0.2) is 18.3 Å². The fourth-order valence-corrected chi connectivity index (χ4v) is 9.13. The van der Waals surface area contributed by atoms with Crippen molar-refractivity contribution < 1.29 is 0 Å². The number of para-hydroxylation sites is 4. The Morgan fingerprint density at radius 2 is 0.424 bits per heavy atom. The predicted octanol–water partition coefficient (Wildman–Crippen LogP) is 16.2. The van der Waals surface area contributed by atoms with E-state index in [1.54, 1.807) is 0 Å². The molecule has 0 N–H and O–H groups in total. The average Bonchev–Trinajstić information content (AvgIpc) is 3.37. The molecule has 0 radical (unpaired) electrons. The Bertz CT molecular complexity index is 3190. The SMILES string of the molecule is Cc1ccc(-c2cc3cc(c2)n(-c2ccccc2)c2ccc(cc2)n(-c2ccccc2)c2cc(-c4ccc(C)cc4)cc(c2)n(-c2ccccc2)c2ccc(cc2)n3-c2ccccc2)cc1. The number of aromatic nitrogens is 4. The van der Waals surface area contributed by atoms with Crippen molar-refractivity contribution in [1.82, 2.24) is 18.3 Å². The van der Waals surface area contributed by atoms with E-state index in [-0.39, 0.29) is 0 Å². The van der Waals surface area contributed by atoms with Gasteiger partial charge in [-0.1, -0.05) is 132 Å². The molecule has 0 unspecified atom stereocenters. The van der Waals surface area contributed by atoms with Gasteiger partial charge in [-0.25, -0.2) is 0 Å². The van der Waals surface area contributed by atoms with E-state index < -0.39 is 0 Å². The van der Waals surface area contributed by atoms with Crippen LogP contribution in [0.15, 0.2) is 255 Å². The van der Waals surface area contributed by atoms with Crippen molar-refractivity contribution in [1.29, 1.82) is 0 Å². The average molecular weight is 849 g/mol. The summed E-state index contributed by atoms with van der Waals surface area (Å²) in [5.41, 5.74) is 19.7. The van der Waals surface area contributed by atoms with E-state index in [1.165, 1.54) is 11.1 Å². The molecule has 4 nitrogen and oxygen atoms in total. The Morgan fingerprint density at radius 3 is 0.652 bits per heavy atom. The molecule has 14 aromatic rings. The molecule has 0 fully saturated rings. The Kier molecular flexibility index (Phi) is 10.7. The summed E-state index contributed by atoms with van der Waals surface area (Å²) in [6.45, 7) is 4.28. The molecule has 66 heavy (non-hydrogen) atoms. The molecule has 4 heterocycles. The summed E-state index contributed by atoms with van der Waals surface area (Å²) >= 11 is 0. The lowest BCUT2D eigenvalue weighted by Gasteiger charge is -2.18. The molecule has 0 amide bonds. The van der Waals surface area contributed by atoms with Crippen LogP contribution >= 0.6 is 0 Å². The van der Waals surface area contributed by atoms with E-state index >= 15 is 0 Å². The molecule has 0 aliphatic carbocycles. The van der Waals surface area contributed by atoms with Crippen LogP contribution in [0.5, 0.6) is 0 Å². The lowest BCUT2D eigenvalue weighted by molar-refractivity contribution is 1.12. The second-order valence-corrected chi connectivity index (χ2v) is 16.9. The summed E-state index contributed by atoms with van der Waals surface area (Å²) < 4.78 is 9.50. The largest absolute Gasteiger partial charge is 0.310 e. The fraction of sp³-hybridized carbons (Fsp3) is 0.0323. The Labute approximate surface area is 385 Å². The van der Waals surface area contributed by atoms with Crippen LogP contribution in [-0.2, 0) is 0 Å². The minimum absolute atomic E-state index is 1.05. The van der Waals surface area contributed by atoms with Gasteiger partial charge in [-0.3, -0.25) is 0 Å². The highest BCUT2D eigenvalue weighted by molar-refractivity contribution is 5.84. The third-order valence-corrected chi connectivity index (χ3v) is 12.4. The third-order valence-electron chi connectivity index (χ3n) is 12.4. The van der Waals surface area contributed by atoms with E-state index in [0.29, 0.717) is 0 Å². The fourth-order valence-electron chi connectivity index (χ4n) is 9.13. The van der Waals surface area contributed by atoms with Crippen molar-refractivity contribution in [2.75, 3.05) is 0 Å². The van der Waals surface area contributed by atoms with Gasteiger partial charge in [-0.2, -0.15) is 0 Å². The number of aryl methyl sites for hydroxylation is 2. The Balaban J connectivity index is 1.37. The van der Waals surface area contributed by atoms with Crippen LogP contribution in [0.2, 0.25) is 0 Å². The summed E-state index contributed by atoms with van der Waals surface area (Å²) in [4.78, 5) is 0. The summed E-state index contributed by atoms with van der Waals surface area (Å²) in [7, 11) is 0. The summed E-state index contributed by atoms with van der Waals surface area (Å²) in [6.07, 6.45) is 0. The smallest absolute Gasteiger partial charge is 0.0488 e. The first-order valence-electron chi connectivity index (χ1n) is 22.6. The highest BCUT2D eigenvalue weighted by Crippen LogP contribution is 2.32. The molecule has 0 aliphatic rings. The summed E-state index contributed by atoms with van der Waals surface area (Å²) in [6, 6.07) is 92.5. The van der Waals surface area contributed by atoms with Crippen LogP contribution in [0.3, 0.4) is 0 Å². The van der Waals surface area contributed by atoms with E-state index in [1.807, 2.05) is 0 Å². The van der Waals surface area contributed by atoms with Gasteiger partial charge in [0.2, 0.25) is 0 Å². The first kappa shape index (κ1) is 40.2. The van der Waals surface area contributed by atoms with Gasteiger partial charge >= 0.3 is 0 Å². The maximum absolute atomic E-state index is 2.38. The van der Waals surface area contributed by atoms with Crippen LogP contribution < -0.4 is 0 Å². The molecule has 0 saturated heterocycles. The van der Waals surface area contributed by atoms with Crippen LogP contribution in [0.25, 0.3) is 89.1 Å². The Hall–Kier alpha value is -8.60. The normalized spacial score (nSPS) is 11.2. The first-order chi connectivity index (χ1) is 32.5. The molecule has 316 valence electrons. The zero-order valence-electron chi connectivity index (χ0n) is 37.0. The Morgan fingerprint density at radius 1 is 0.197 bits per heavy atom. The van der Waals surface area contributed by atoms with E-state index in [4.69, 9.17) is 0 Å². The molecular weight excluding hydrogens is 801 g/mol. The van der Waals surface area contributed by atoms with Crippen molar-refractivity contribution >= 4 is 44.1 Å². The molecular formula is C62H48N4. The van der Waals surface area contributed by atoms with Crippen molar-refractivity contribution in [2.24, 2.45) is 0 Å². The van der Waals surface area contributed by atoms with Crippen LogP contribution in [0.1, 0.15) is 11.1 Å². The third kappa shape index (κ3) is 7.97. The number of hydrogen-bond donors (Lipinski definition) is 0. The van der Waals surface area contributed by atoms with Crippen LogP contribution in [0.4, 0.5) is 0 Å².